The molecule has 1 unspecified atom stereocenters. The normalized spacial score (nSPS) is 13.8. The summed E-state index contributed by atoms with van der Waals surface area (Å²) in [6, 6.07) is 14.9. The van der Waals surface area contributed by atoms with Crippen molar-refractivity contribution in [3.63, 3.8) is 0 Å². The SMILES string of the molecule is O=C1Cc2cc(-c3cncc(NC(CO)c4ccccc4Cl)c3)ccc2N1. The van der Waals surface area contributed by atoms with Gasteiger partial charge in [0.05, 0.1) is 24.8 Å². The van der Waals surface area contributed by atoms with Gasteiger partial charge in [0.25, 0.3) is 0 Å². The van der Waals surface area contributed by atoms with E-state index in [-0.39, 0.29) is 18.6 Å². The standard InChI is InChI=1S/C21H18ClN3O2/c22-18-4-2-1-3-17(18)20(12-26)24-16-8-15(10-23-11-16)13-5-6-19-14(7-13)9-21(27)25-19/h1-8,10-11,20,24,26H,9,12H2,(H,25,27). The number of carbonyl (C=O) groups excluding carboxylic acids is 1. The Hall–Kier alpha value is -2.89. The van der Waals surface area contributed by atoms with E-state index >= 15 is 0 Å². The zero-order valence-corrected chi connectivity index (χ0v) is 15.2. The highest BCUT2D eigenvalue weighted by atomic mass is 35.5. The molecule has 0 saturated carbocycles. The summed E-state index contributed by atoms with van der Waals surface area (Å²) in [6.45, 7) is -0.0966. The van der Waals surface area contributed by atoms with Gasteiger partial charge in [0.15, 0.2) is 0 Å². The van der Waals surface area contributed by atoms with Crippen molar-refractivity contribution in [1.82, 2.24) is 4.98 Å². The van der Waals surface area contributed by atoms with Crippen molar-refractivity contribution in [3.8, 4) is 11.1 Å². The summed E-state index contributed by atoms with van der Waals surface area (Å²) >= 11 is 6.26. The molecule has 1 amide bonds. The number of fused-ring (bicyclic) bond motifs is 1. The number of aromatic nitrogens is 1. The molecule has 0 bridgehead atoms. The second-order valence-corrected chi connectivity index (χ2v) is 6.87. The van der Waals surface area contributed by atoms with E-state index in [1.54, 1.807) is 18.5 Å². The van der Waals surface area contributed by atoms with Gasteiger partial charge in [-0.3, -0.25) is 9.78 Å². The number of carbonyl (C=O) groups is 1. The fraction of sp³-hybridized carbons (Fsp3) is 0.143. The summed E-state index contributed by atoms with van der Waals surface area (Å²) < 4.78 is 0. The number of aliphatic hydroxyl groups excluding tert-OH is 1. The molecule has 0 spiro atoms. The van der Waals surface area contributed by atoms with Gasteiger partial charge in [-0.25, -0.2) is 0 Å². The largest absolute Gasteiger partial charge is 0.394 e. The van der Waals surface area contributed by atoms with Crippen molar-refractivity contribution in [3.05, 3.63) is 77.1 Å². The lowest BCUT2D eigenvalue weighted by molar-refractivity contribution is -0.115. The van der Waals surface area contributed by atoms with Crippen LogP contribution in [-0.2, 0) is 11.2 Å². The molecular weight excluding hydrogens is 362 g/mol. The quantitative estimate of drug-likeness (QED) is 0.625. The molecule has 4 rings (SSSR count). The van der Waals surface area contributed by atoms with Gasteiger partial charge in [0, 0.05) is 28.7 Å². The molecule has 5 nitrogen and oxygen atoms in total. The fourth-order valence-electron chi connectivity index (χ4n) is 3.27. The van der Waals surface area contributed by atoms with E-state index in [9.17, 15) is 9.90 Å². The molecule has 136 valence electrons. The molecule has 0 fully saturated rings. The van der Waals surface area contributed by atoms with Crippen LogP contribution >= 0.6 is 11.6 Å². The van der Waals surface area contributed by atoms with Crippen molar-refractivity contribution in [2.75, 3.05) is 17.2 Å². The first kappa shape index (κ1) is 17.5. The van der Waals surface area contributed by atoms with Crippen LogP contribution in [0.2, 0.25) is 5.02 Å². The minimum Gasteiger partial charge on any atom is -0.394 e. The Morgan fingerprint density at radius 3 is 2.81 bits per heavy atom. The van der Waals surface area contributed by atoms with E-state index < -0.39 is 0 Å². The first-order valence-corrected chi connectivity index (χ1v) is 9.02. The van der Waals surface area contributed by atoms with Crippen LogP contribution in [0.1, 0.15) is 17.2 Å². The molecule has 3 N–H and O–H groups in total. The molecule has 0 aliphatic carbocycles. The highest BCUT2D eigenvalue weighted by Gasteiger charge is 2.18. The van der Waals surface area contributed by atoms with Crippen molar-refractivity contribution in [2.24, 2.45) is 0 Å². The van der Waals surface area contributed by atoms with Crippen LogP contribution in [0, 0.1) is 0 Å². The molecule has 1 aliphatic rings. The van der Waals surface area contributed by atoms with Gasteiger partial charge in [-0.05, 0) is 41.0 Å². The monoisotopic (exact) mass is 379 g/mol. The number of aliphatic hydroxyl groups is 1. The number of pyridine rings is 1. The van der Waals surface area contributed by atoms with E-state index in [0.717, 1.165) is 33.6 Å². The number of benzene rings is 2. The molecule has 0 saturated heterocycles. The van der Waals surface area contributed by atoms with Crippen LogP contribution < -0.4 is 10.6 Å². The lowest BCUT2D eigenvalue weighted by atomic mass is 10.0. The fourth-order valence-corrected chi connectivity index (χ4v) is 3.53. The molecule has 6 heteroatoms. The number of nitrogens with zero attached hydrogens (tertiary/aromatic N) is 1. The van der Waals surface area contributed by atoms with E-state index in [4.69, 9.17) is 11.6 Å². The van der Waals surface area contributed by atoms with Crippen LogP contribution in [0.25, 0.3) is 11.1 Å². The van der Waals surface area contributed by atoms with Crippen molar-refractivity contribution in [1.29, 1.82) is 0 Å². The Kier molecular flexibility index (Phi) is 4.79. The number of nitrogens with one attached hydrogen (secondary N) is 2. The number of amides is 1. The molecule has 3 aromatic rings. The van der Waals surface area contributed by atoms with Crippen LogP contribution in [0.15, 0.2) is 60.9 Å². The summed E-state index contributed by atoms with van der Waals surface area (Å²) in [6.07, 6.45) is 3.88. The second kappa shape index (κ2) is 7.39. The van der Waals surface area contributed by atoms with E-state index in [0.29, 0.717) is 11.4 Å². The Bertz CT molecular complexity index is 1010. The first-order valence-electron chi connectivity index (χ1n) is 8.64. The van der Waals surface area contributed by atoms with Gasteiger partial charge < -0.3 is 15.7 Å². The minimum absolute atomic E-state index is 0.0150. The predicted molar refractivity (Wildman–Crippen MR) is 107 cm³/mol. The molecule has 1 aliphatic heterocycles. The average molecular weight is 380 g/mol. The van der Waals surface area contributed by atoms with Crippen LogP contribution in [0.3, 0.4) is 0 Å². The van der Waals surface area contributed by atoms with E-state index in [2.05, 4.69) is 15.6 Å². The number of hydrogen-bond acceptors (Lipinski definition) is 4. The van der Waals surface area contributed by atoms with Crippen LogP contribution in [-0.4, -0.2) is 22.6 Å². The Balaban J connectivity index is 1.60. The third-order valence-electron chi connectivity index (χ3n) is 4.61. The Morgan fingerprint density at radius 2 is 2.00 bits per heavy atom. The summed E-state index contributed by atoms with van der Waals surface area (Å²) in [5, 5.41) is 16.5. The smallest absolute Gasteiger partial charge is 0.228 e. The van der Waals surface area contributed by atoms with Gasteiger partial charge >= 0.3 is 0 Å². The zero-order chi connectivity index (χ0) is 18.8. The molecule has 2 heterocycles. The van der Waals surface area contributed by atoms with Gasteiger partial charge in [-0.2, -0.15) is 0 Å². The molecule has 27 heavy (non-hydrogen) atoms. The number of rotatable bonds is 5. The third kappa shape index (κ3) is 3.65. The molecule has 2 aromatic carbocycles. The van der Waals surface area contributed by atoms with Crippen LogP contribution in [0.4, 0.5) is 11.4 Å². The summed E-state index contributed by atoms with van der Waals surface area (Å²) in [4.78, 5) is 15.9. The molecule has 1 aromatic heterocycles. The number of hydrogen-bond donors (Lipinski definition) is 3. The van der Waals surface area contributed by atoms with Crippen molar-refractivity contribution >= 4 is 28.9 Å². The summed E-state index contributed by atoms with van der Waals surface area (Å²) in [7, 11) is 0. The van der Waals surface area contributed by atoms with Crippen molar-refractivity contribution < 1.29 is 9.90 Å². The number of anilines is 2. The van der Waals surface area contributed by atoms with Gasteiger partial charge in [-0.1, -0.05) is 35.9 Å². The summed E-state index contributed by atoms with van der Waals surface area (Å²) in [5.74, 6) is 0.0150. The van der Waals surface area contributed by atoms with Gasteiger partial charge in [-0.15, -0.1) is 0 Å². The Morgan fingerprint density at radius 1 is 1.15 bits per heavy atom. The summed E-state index contributed by atoms with van der Waals surface area (Å²) in [5.41, 5.74) is 5.37. The average Bonchev–Trinajstić information content (AvgIpc) is 3.06. The highest BCUT2D eigenvalue weighted by molar-refractivity contribution is 6.31. The van der Waals surface area contributed by atoms with E-state index in [1.807, 2.05) is 42.5 Å². The maximum Gasteiger partial charge on any atom is 0.228 e. The number of halogens is 1. The third-order valence-corrected chi connectivity index (χ3v) is 4.95. The molecule has 1 atom stereocenters. The minimum atomic E-state index is -0.336. The lowest BCUT2D eigenvalue weighted by Crippen LogP contribution is -2.15. The topological polar surface area (TPSA) is 74.2 Å². The first-order chi connectivity index (χ1) is 13.1. The molecular formula is C21H18ClN3O2. The predicted octanol–water partition coefficient (Wildman–Crippen LogP) is 4.04. The van der Waals surface area contributed by atoms with E-state index in [1.165, 1.54) is 0 Å². The second-order valence-electron chi connectivity index (χ2n) is 6.46. The van der Waals surface area contributed by atoms with Gasteiger partial charge in [0.1, 0.15) is 0 Å². The maximum absolute atomic E-state index is 11.6. The molecule has 0 radical (unpaired) electrons. The lowest BCUT2D eigenvalue weighted by Gasteiger charge is -2.19. The maximum atomic E-state index is 11.6. The van der Waals surface area contributed by atoms with Crippen molar-refractivity contribution in [2.45, 2.75) is 12.5 Å². The van der Waals surface area contributed by atoms with Gasteiger partial charge in [0.2, 0.25) is 5.91 Å². The highest BCUT2D eigenvalue weighted by Crippen LogP contribution is 2.31. The zero-order valence-electron chi connectivity index (χ0n) is 14.4. The Labute approximate surface area is 162 Å². The van der Waals surface area contributed by atoms with Crippen LogP contribution in [0.5, 0.6) is 0 Å².